The van der Waals surface area contributed by atoms with Crippen LogP contribution in [0.25, 0.3) is 0 Å². The molecule has 0 aliphatic carbocycles. The Hall–Kier alpha value is -2.16. The van der Waals surface area contributed by atoms with Crippen LogP contribution in [0.4, 0.5) is 9.93 Å². The van der Waals surface area contributed by atoms with Crippen LogP contribution in [0.1, 0.15) is 40.0 Å². The van der Waals surface area contributed by atoms with E-state index in [1.165, 1.54) is 11.3 Å². The first-order valence-electron chi connectivity index (χ1n) is 7.20. The van der Waals surface area contributed by atoms with E-state index in [2.05, 4.69) is 20.8 Å². The fourth-order valence-corrected chi connectivity index (χ4v) is 2.11. The summed E-state index contributed by atoms with van der Waals surface area (Å²) in [5.74, 6) is -0.484. The topological polar surface area (TPSA) is 113 Å². The van der Waals surface area contributed by atoms with Gasteiger partial charge in [-0.15, -0.1) is 11.3 Å². The van der Waals surface area contributed by atoms with Gasteiger partial charge in [-0.2, -0.15) is 0 Å². The molecule has 0 atom stereocenters. The van der Waals surface area contributed by atoms with Crippen LogP contribution in [0.5, 0.6) is 0 Å². The Balaban J connectivity index is 2.23. The molecule has 23 heavy (non-hydrogen) atoms. The van der Waals surface area contributed by atoms with Crippen molar-refractivity contribution < 1.29 is 19.5 Å². The van der Waals surface area contributed by atoms with Crippen LogP contribution in [0, 0.1) is 0 Å². The summed E-state index contributed by atoms with van der Waals surface area (Å²) >= 11 is 1.28. The van der Waals surface area contributed by atoms with Crippen molar-refractivity contribution in [2.75, 3.05) is 11.9 Å². The minimum atomic E-state index is -0.533. The first kappa shape index (κ1) is 18.9. The van der Waals surface area contributed by atoms with Gasteiger partial charge in [0.2, 0.25) is 0 Å². The van der Waals surface area contributed by atoms with Gasteiger partial charge in [0.25, 0.3) is 5.91 Å². The Kier molecular flexibility index (Phi) is 7.46. The van der Waals surface area contributed by atoms with Gasteiger partial charge in [0.15, 0.2) is 5.13 Å². The van der Waals surface area contributed by atoms with E-state index in [0.717, 1.165) is 0 Å². The number of alkyl carbamates (subject to hydrolysis) is 1. The number of unbranched alkanes of at least 4 members (excludes halogenated alkanes) is 1. The second-order valence-corrected chi connectivity index (χ2v) is 6.62. The molecule has 0 bridgehead atoms. The molecule has 2 amide bonds. The van der Waals surface area contributed by atoms with Crippen molar-refractivity contribution in [3.8, 4) is 0 Å². The second-order valence-electron chi connectivity index (χ2n) is 5.72. The quantitative estimate of drug-likeness (QED) is 0.305. The second kappa shape index (κ2) is 9.09. The van der Waals surface area contributed by atoms with E-state index in [0.29, 0.717) is 30.9 Å². The van der Waals surface area contributed by atoms with Gasteiger partial charge in [-0.1, -0.05) is 5.16 Å². The lowest BCUT2D eigenvalue weighted by molar-refractivity contribution is -0.110. The van der Waals surface area contributed by atoms with Crippen molar-refractivity contribution in [1.82, 2.24) is 10.3 Å². The molecule has 0 saturated heterocycles. The molecule has 9 heteroatoms. The Bertz CT molecular complexity index is 537. The molecule has 0 aromatic carbocycles. The number of rotatable bonds is 7. The van der Waals surface area contributed by atoms with Crippen molar-refractivity contribution in [2.45, 2.75) is 45.6 Å². The van der Waals surface area contributed by atoms with Crippen LogP contribution in [-0.4, -0.2) is 40.0 Å². The zero-order chi connectivity index (χ0) is 17.3. The third-order valence-corrected chi connectivity index (χ3v) is 3.23. The Morgan fingerprint density at radius 1 is 1.39 bits per heavy atom. The lowest BCUT2D eigenvalue weighted by Gasteiger charge is -2.19. The minimum Gasteiger partial charge on any atom is -0.444 e. The molecular weight excluding hydrogens is 320 g/mol. The molecule has 8 nitrogen and oxygen atoms in total. The number of oxime groups is 1. The molecule has 128 valence electrons. The van der Waals surface area contributed by atoms with Gasteiger partial charge in [-0.05, 0) is 40.0 Å². The number of nitrogens with zero attached hydrogens (tertiary/aromatic N) is 2. The number of thiazole rings is 1. The van der Waals surface area contributed by atoms with Crippen molar-refractivity contribution >= 4 is 34.2 Å². The smallest absolute Gasteiger partial charge is 0.407 e. The highest BCUT2D eigenvalue weighted by molar-refractivity contribution is 7.13. The molecular formula is C14H22N4O4S. The third kappa shape index (κ3) is 8.15. The molecule has 0 unspecified atom stereocenters. The lowest BCUT2D eigenvalue weighted by Crippen LogP contribution is -2.33. The number of aromatic nitrogens is 1. The Morgan fingerprint density at radius 3 is 2.70 bits per heavy atom. The zero-order valence-electron chi connectivity index (χ0n) is 13.5. The third-order valence-electron chi connectivity index (χ3n) is 2.54. The summed E-state index contributed by atoms with van der Waals surface area (Å²) in [6.45, 7) is 5.79. The van der Waals surface area contributed by atoms with E-state index < -0.39 is 17.6 Å². The van der Waals surface area contributed by atoms with Crippen LogP contribution in [0.3, 0.4) is 0 Å². The highest BCUT2D eigenvalue weighted by Gasteiger charge is 2.16. The van der Waals surface area contributed by atoms with Gasteiger partial charge in [0.1, 0.15) is 11.3 Å². The maximum absolute atomic E-state index is 11.8. The first-order chi connectivity index (χ1) is 10.8. The van der Waals surface area contributed by atoms with Gasteiger partial charge >= 0.3 is 6.09 Å². The van der Waals surface area contributed by atoms with E-state index in [4.69, 9.17) is 9.94 Å². The molecule has 3 N–H and O–H groups in total. The fourth-order valence-electron chi connectivity index (χ4n) is 1.59. The van der Waals surface area contributed by atoms with Crippen LogP contribution in [0.2, 0.25) is 0 Å². The largest absolute Gasteiger partial charge is 0.444 e. The first-order valence-corrected chi connectivity index (χ1v) is 8.08. The number of hydrogen-bond acceptors (Lipinski definition) is 7. The maximum atomic E-state index is 11.8. The summed E-state index contributed by atoms with van der Waals surface area (Å²) < 4.78 is 5.10. The van der Waals surface area contributed by atoms with Gasteiger partial charge in [-0.25, -0.2) is 9.78 Å². The van der Waals surface area contributed by atoms with Crippen LogP contribution < -0.4 is 10.6 Å². The number of amides is 2. The molecule has 0 aliphatic heterocycles. The predicted molar refractivity (Wildman–Crippen MR) is 88.1 cm³/mol. The molecule has 0 fully saturated rings. The number of carbonyl (C=O) groups excluding carboxylic acids is 2. The average Bonchev–Trinajstić information content (AvgIpc) is 2.93. The van der Waals surface area contributed by atoms with Gasteiger partial charge < -0.3 is 15.3 Å². The fraction of sp³-hybridized carbons (Fsp3) is 0.571. The molecule has 1 rings (SSSR count). The van der Waals surface area contributed by atoms with Crippen LogP contribution in [0.15, 0.2) is 16.7 Å². The molecule has 1 aromatic rings. The highest BCUT2D eigenvalue weighted by Crippen LogP contribution is 2.11. The summed E-state index contributed by atoms with van der Waals surface area (Å²) in [6, 6.07) is 0. The van der Waals surface area contributed by atoms with Gasteiger partial charge in [0, 0.05) is 18.1 Å². The van der Waals surface area contributed by atoms with E-state index in [-0.39, 0.29) is 5.71 Å². The van der Waals surface area contributed by atoms with E-state index in [1.54, 1.807) is 32.3 Å². The summed E-state index contributed by atoms with van der Waals surface area (Å²) in [7, 11) is 0. The van der Waals surface area contributed by atoms with Crippen LogP contribution >= 0.6 is 11.3 Å². The standard InChI is InChI=1S/C14H22N4O4S/c1-14(2,3)22-13(20)16-7-5-4-6-10(18-21)11(19)17-12-15-8-9-23-12/h8-9,21H,4-7H2,1-3H3,(H,16,20)(H,15,17,19). The molecule has 1 aromatic heterocycles. The Morgan fingerprint density at radius 2 is 2.13 bits per heavy atom. The van der Waals surface area contributed by atoms with Crippen molar-refractivity contribution in [3.05, 3.63) is 11.6 Å². The van der Waals surface area contributed by atoms with E-state index >= 15 is 0 Å². The zero-order valence-corrected chi connectivity index (χ0v) is 14.3. The number of ether oxygens (including phenoxy) is 1. The molecule has 0 spiro atoms. The van der Waals surface area contributed by atoms with Crippen LogP contribution in [-0.2, 0) is 9.53 Å². The van der Waals surface area contributed by atoms with Crippen molar-refractivity contribution in [2.24, 2.45) is 5.16 Å². The monoisotopic (exact) mass is 342 g/mol. The summed E-state index contributed by atoms with van der Waals surface area (Å²) in [6.07, 6.45) is 2.60. The van der Waals surface area contributed by atoms with Crippen molar-refractivity contribution in [1.29, 1.82) is 0 Å². The molecule has 1 heterocycles. The maximum Gasteiger partial charge on any atom is 0.407 e. The molecule has 0 saturated carbocycles. The van der Waals surface area contributed by atoms with E-state index in [1.807, 2.05) is 0 Å². The highest BCUT2D eigenvalue weighted by atomic mass is 32.1. The Labute approximate surface area is 138 Å². The normalized spacial score (nSPS) is 11.9. The summed E-state index contributed by atoms with van der Waals surface area (Å²) in [4.78, 5) is 27.2. The summed E-state index contributed by atoms with van der Waals surface area (Å²) in [5, 5.41) is 19.3. The number of carbonyl (C=O) groups is 2. The number of anilines is 1. The minimum absolute atomic E-state index is 0.0254. The number of nitrogens with one attached hydrogen (secondary N) is 2. The molecule has 0 radical (unpaired) electrons. The molecule has 0 aliphatic rings. The lowest BCUT2D eigenvalue weighted by atomic mass is 10.1. The van der Waals surface area contributed by atoms with E-state index in [9.17, 15) is 9.59 Å². The van der Waals surface area contributed by atoms with Gasteiger partial charge in [-0.3, -0.25) is 10.1 Å². The average molecular weight is 342 g/mol. The SMILES string of the molecule is CC(C)(C)OC(=O)NCCCCC(=NO)C(=O)Nc1nccs1. The van der Waals surface area contributed by atoms with Crippen molar-refractivity contribution in [3.63, 3.8) is 0 Å². The van der Waals surface area contributed by atoms with Gasteiger partial charge in [0.05, 0.1) is 0 Å². The number of hydrogen-bond donors (Lipinski definition) is 3. The predicted octanol–water partition coefficient (Wildman–Crippen LogP) is 2.61. The summed E-state index contributed by atoms with van der Waals surface area (Å²) in [5.41, 5.74) is -0.508.